The van der Waals surface area contributed by atoms with E-state index >= 15 is 0 Å². The monoisotopic (exact) mass is 611 g/mol. The van der Waals surface area contributed by atoms with Gasteiger partial charge < -0.3 is 29.9 Å². The molecule has 2 fully saturated rings. The minimum Gasteiger partial charge on any atom is -0.379 e. The number of Topliss-reactive ketones (excluding diaryl/α,β-unsaturated/α-hetero) is 1. The molecule has 3 heterocycles. The first-order chi connectivity index (χ1) is 20.9. The van der Waals surface area contributed by atoms with Gasteiger partial charge in [-0.25, -0.2) is 0 Å². The van der Waals surface area contributed by atoms with Gasteiger partial charge >= 0.3 is 0 Å². The number of aromatic nitrogens is 1. The molecular formula is C32H45N5O7. The van der Waals surface area contributed by atoms with Crippen molar-refractivity contribution in [1.29, 1.82) is 0 Å². The number of hydrogen-bond donors (Lipinski definition) is 3. The normalized spacial score (nSPS) is 20.5. The molecule has 4 atom stereocenters. The quantitative estimate of drug-likeness (QED) is 0.256. The minimum absolute atomic E-state index is 0.0658. The SMILES string of the molecule is CC(C)CC(NC(=O)[C@H](Cc1ccccc1)NC(=O)C(NC(=O)c1cc(CN2CCOCC2)on1)C(C)C)C(=O)C1(C)CO1. The molecule has 1 aromatic heterocycles. The maximum absolute atomic E-state index is 13.7. The van der Waals surface area contributed by atoms with Crippen molar-refractivity contribution in [3.05, 3.63) is 53.4 Å². The number of benzene rings is 1. The number of hydrogen-bond acceptors (Lipinski definition) is 9. The maximum atomic E-state index is 13.7. The zero-order valence-electron chi connectivity index (χ0n) is 26.3. The van der Waals surface area contributed by atoms with E-state index in [0.29, 0.717) is 38.5 Å². The summed E-state index contributed by atoms with van der Waals surface area (Å²) in [6, 6.07) is 8.16. The molecule has 2 saturated heterocycles. The summed E-state index contributed by atoms with van der Waals surface area (Å²) in [5.41, 5.74) is -0.00452. The highest BCUT2D eigenvalue weighted by atomic mass is 16.6. The molecule has 12 nitrogen and oxygen atoms in total. The Morgan fingerprint density at radius 2 is 1.61 bits per heavy atom. The molecule has 3 unspecified atom stereocenters. The van der Waals surface area contributed by atoms with E-state index in [9.17, 15) is 19.2 Å². The second-order valence-corrected chi connectivity index (χ2v) is 12.6. The van der Waals surface area contributed by atoms with Gasteiger partial charge in [0.15, 0.2) is 17.2 Å². The predicted octanol–water partition coefficient (Wildman–Crippen LogP) is 1.88. The molecule has 0 bridgehead atoms. The van der Waals surface area contributed by atoms with E-state index in [1.54, 1.807) is 26.8 Å². The number of carbonyl (C=O) groups is 4. The summed E-state index contributed by atoms with van der Waals surface area (Å²) < 4.78 is 16.1. The Morgan fingerprint density at radius 3 is 2.23 bits per heavy atom. The largest absolute Gasteiger partial charge is 0.379 e. The lowest BCUT2D eigenvalue weighted by molar-refractivity contribution is -0.133. The van der Waals surface area contributed by atoms with Crippen LogP contribution in [0.25, 0.3) is 0 Å². The van der Waals surface area contributed by atoms with Gasteiger partial charge in [0, 0.05) is 25.6 Å². The summed E-state index contributed by atoms with van der Waals surface area (Å²) in [5, 5.41) is 12.4. The van der Waals surface area contributed by atoms with Gasteiger partial charge in [-0.05, 0) is 30.7 Å². The average Bonchev–Trinajstić information content (AvgIpc) is 3.57. The Labute approximate surface area is 258 Å². The molecule has 0 radical (unpaired) electrons. The van der Waals surface area contributed by atoms with Gasteiger partial charge in [0.05, 0.1) is 32.4 Å². The fourth-order valence-corrected chi connectivity index (χ4v) is 5.14. The highest BCUT2D eigenvalue weighted by Crippen LogP contribution is 2.29. The van der Waals surface area contributed by atoms with Crippen LogP contribution in [0.2, 0.25) is 0 Å². The molecule has 0 spiro atoms. The molecule has 0 aliphatic carbocycles. The van der Waals surface area contributed by atoms with E-state index in [1.165, 1.54) is 0 Å². The van der Waals surface area contributed by atoms with Gasteiger partial charge in [-0.15, -0.1) is 0 Å². The topological polar surface area (TPSA) is 155 Å². The second-order valence-electron chi connectivity index (χ2n) is 12.6. The molecule has 12 heteroatoms. The van der Waals surface area contributed by atoms with E-state index in [2.05, 4.69) is 26.0 Å². The number of amides is 3. The third-order valence-corrected chi connectivity index (χ3v) is 7.86. The van der Waals surface area contributed by atoms with Gasteiger partial charge in [0.1, 0.15) is 17.7 Å². The Balaban J connectivity index is 1.45. The number of nitrogens with zero attached hydrogens (tertiary/aromatic N) is 2. The summed E-state index contributed by atoms with van der Waals surface area (Å²) in [6.45, 7) is 12.9. The van der Waals surface area contributed by atoms with E-state index in [1.807, 2.05) is 44.2 Å². The lowest BCUT2D eigenvalue weighted by Crippen LogP contribution is -2.58. The fraction of sp³-hybridized carbons (Fsp3) is 0.594. The smallest absolute Gasteiger partial charge is 0.274 e. The number of morpholine rings is 1. The summed E-state index contributed by atoms with van der Waals surface area (Å²) in [4.78, 5) is 55.8. The van der Waals surface area contributed by atoms with Crippen molar-refractivity contribution in [3.63, 3.8) is 0 Å². The van der Waals surface area contributed by atoms with Crippen LogP contribution in [-0.2, 0) is 36.8 Å². The van der Waals surface area contributed by atoms with E-state index in [-0.39, 0.29) is 29.7 Å². The standard InChI is InChI=1S/C32H45N5O7/c1-20(2)15-24(28(38)32(5)19-43-32)33-29(39)25(16-22-9-7-6-8-10-22)34-31(41)27(21(3)4)35-30(40)26-17-23(44-36-26)18-37-11-13-42-14-12-37/h6-10,17,20-21,24-25,27H,11-16,18-19H2,1-5H3,(H,33,39)(H,34,41)(H,35,40)/t24?,25-,27?,32?/m0/s1. The molecule has 1 aromatic carbocycles. The molecular weight excluding hydrogens is 566 g/mol. The number of rotatable bonds is 15. The van der Waals surface area contributed by atoms with Crippen molar-refractivity contribution in [1.82, 2.24) is 26.0 Å². The molecule has 2 aliphatic heterocycles. The highest BCUT2D eigenvalue weighted by molar-refractivity contribution is 5.99. The zero-order chi connectivity index (χ0) is 31.9. The third-order valence-electron chi connectivity index (χ3n) is 7.86. The van der Waals surface area contributed by atoms with Gasteiger partial charge in [0.25, 0.3) is 5.91 Å². The zero-order valence-corrected chi connectivity index (χ0v) is 26.3. The predicted molar refractivity (Wildman–Crippen MR) is 162 cm³/mol. The van der Waals surface area contributed by atoms with Gasteiger partial charge in [0.2, 0.25) is 11.8 Å². The first-order valence-electron chi connectivity index (χ1n) is 15.3. The van der Waals surface area contributed by atoms with Crippen molar-refractivity contribution in [2.75, 3.05) is 32.9 Å². The lowest BCUT2D eigenvalue weighted by atomic mass is 9.93. The van der Waals surface area contributed by atoms with Crippen LogP contribution in [0.3, 0.4) is 0 Å². The van der Waals surface area contributed by atoms with Crippen LogP contribution in [0.15, 0.2) is 40.9 Å². The van der Waals surface area contributed by atoms with Crippen LogP contribution in [0.1, 0.15) is 62.9 Å². The molecule has 4 rings (SSSR count). The second kappa shape index (κ2) is 14.9. The summed E-state index contributed by atoms with van der Waals surface area (Å²) in [6.07, 6.45) is 0.632. The molecule has 240 valence electrons. The van der Waals surface area contributed by atoms with Crippen molar-refractivity contribution >= 4 is 23.5 Å². The fourth-order valence-electron chi connectivity index (χ4n) is 5.14. The number of carbonyl (C=O) groups excluding carboxylic acids is 4. The third kappa shape index (κ3) is 9.20. The number of ether oxygens (including phenoxy) is 2. The maximum Gasteiger partial charge on any atom is 0.274 e. The van der Waals surface area contributed by atoms with Gasteiger partial charge in [-0.1, -0.05) is 63.2 Å². The van der Waals surface area contributed by atoms with Crippen LogP contribution in [-0.4, -0.2) is 90.2 Å². The average molecular weight is 612 g/mol. The Hall–Kier alpha value is -3.61. The van der Waals surface area contributed by atoms with Crippen LogP contribution < -0.4 is 16.0 Å². The molecule has 2 aliphatic rings. The van der Waals surface area contributed by atoms with Gasteiger partial charge in [-0.2, -0.15) is 0 Å². The number of epoxide rings is 1. The lowest BCUT2D eigenvalue weighted by Gasteiger charge is -2.27. The molecule has 2 aromatic rings. The van der Waals surface area contributed by atoms with Crippen molar-refractivity contribution in [2.24, 2.45) is 11.8 Å². The van der Waals surface area contributed by atoms with Crippen molar-refractivity contribution in [3.8, 4) is 0 Å². The first-order valence-corrected chi connectivity index (χ1v) is 15.3. The first kappa shape index (κ1) is 33.3. The highest BCUT2D eigenvalue weighted by Gasteiger charge is 2.50. The molecule has 3 amide bonds. The van der Waals surface area contributed by atoms with Crippen LogP contribution >= 0.6 is 0 Å². The van der Waals surface area contributed by atoms with Crippen LogP contribution in [0, 0.1) is 11.8 Å². The van der Waals surface area contributed by atoms with Crippen molar-refractivity contribution < 1.29 is 33.2 Å². The Bertz CT molecular complexity index is 1280. The van der Waals surface area contributed by atoms with E-state index in [4.69, 9.17) is 14.0 Å². The van der Waals surface area contributed by atoms with E-state index in [0.717, 1.165) is 18.7 Å². The molecule has 3 N–H and O–H groups in total. The summed E-state index contributed by atoms with van der Waals surface area (Å²) in [5.74, 6) is -1.37. The molecule has 44 heavy (non-hydrogen) atoms. The number of nitrogens with one attached hydrogen (secondary N) is 3. The van der Waals surface area contributed by atoms with Crippen LogP contribution in [0.5, 0.6) is 0 Å². The van der Waals surface area contributed by atoms with E-state index < -0.39 is 41.4 Å². The Kier molecular flexibility index (Phi) is 11.3. The summed E-state index contributed by atoms with van der Waals surface area (Å²) >= 11 is 0. The minimum atomic E-state index is -0.995. The number of ketones is 1. The van der Waals surface area contributed by atoms with Gasteiger partial charge in [-0.3, -0.25) is 24.1 Å². The van der Waals surface area contributed by atoms with Crippen LogP contribution in [0.4, 0.5) is 0 Å². The summed E-state index contributed by atoms with van der Waals surface area (Å²) in [7, 11) is 0. The Morgan fingerprint density at radius 1 is 0.955 bits per heavy atom. The molecule has 0 saturated carbocycles. The van der Waals surface area contributed by atoms with Crippen molar-refractivity contribution in [2.45, 2.75) is 77.7 Å².